The number of aliphatic hydroxyl groups excluding tert-OH is 7. The number of aliphatic hydroxyl groups is 7. The largest absolute Gasteiger partial charge is 0.467 e. The smallest absolute Gasteiger partial charge is 0.348 e. The van der Waals surface area contributed by atoms with E-state index in [9.17, 15) is 54.9 Å². The molecule has 17 atom stereocenters. The Labute approximate surface area is 280 Å². The number of carbonyl (C=O) groups is 4. The lowest BCUT2D eigenvalue weighted by Crippen LogP contribution is -2.80. The van der Waals surface area contributed by atoms with Crippen LogP contribution < -0.4 is 0 Å². The average molecular weight is 701 g/mol. The monoisotopic (exact) mass is 700 g/mol. The van der Waals surface area contributed by atoms with Crippen LogP contribution in [0.2, 0.25) is 0 Å². The SMILES string of the molecule is CCC(C)C(=O)OC1C(=O)OC2CC3C(C)=C(OC4OC(CO)C(O)C(O)C4O)C(=O)C(O)C3(C)C3C(O)C(O)C4(C(=O)OC)OCC23C14. The van der Waals surface area contributed by atoms with E-state index in [0.717, 1.165) is 7.11 Å². The molecule has 5 fully saturated rings. The van der Waals surface area contributed by atoms with Gasteiger partial charge in [-0.1, -0.05) is 20.8 Å². The van der Waals surface area contributed by atoms with Gasteiger partial charge in [-0.3, -0.25) is 9.59 Å². The molecule has 6 aliphatic rings. The van der Waals surface area contributed by atoms with Gasteiger partial charge >= 0.3 is 17.9 Å². The van der Waals surface area contributed by atoms with Crippen molar-refractivity contribution in [1.82, 2.24) is 0 Å². The minimum atomic E-state index is -2.39. The highest BCUT2D eigenvalue weighted by Gasteiger charge is 2.86. The molecule has 0 aromatic heterocycles. The predicted octanol–water partition coefficient (Wildman–Crippen LogP) is -3.17. The molecule has 17 nitrogen and oxygen atoms in total. The Morgan fingerprint density at radius 1 is 1.02 bits per heavy atom. The van der Waals surface area contributed by atoms with Crippen LogP contribution in [0.15, 0.2) is 11.3 Å². The van der Waals surface area contributed by atoms with Crippen molar-refractivity contribution in [3.05, 3.63) is 11.3 Å². The maximum Gasteiger partial charge on any atom is 0.348 e. The second-order valence-corrected chi connectivity index (χ2v) is 14.4. The summed E-state index contributed by atoms with van der Waals surface area (Å²) < 4.78 is 34.0. The third-order valence-electron chi connectivity index (χ3n) is 12.3. The first-order chi connectivity index (χ1) is 23.0. The normalized spacial score (nSPS) is 49.3. The van der Waals surface area contributed by atoms with Gasteiger partial charge in [0.25, 0.3) is 0 Å². The molecule has 3 aliphatic heterocycles. The molecular weight excluding hydrogens is 656 g/mol. The zero-order valence-electron chi connectivity index (χ0n) is 27.6. The van der Waals surface area contributed by atoms with Gasteiger partial charge in [-0.15, -0.1) is 0 Å². The summed E-state index contributed by atoms with van der Waals surface area (Å²) in [5.74, 6) is -8.80. The minimum absolute atomic E-state index is 0.123. The lowest BCUT2D eigenvalue weighted by molar-refractivity contribution is -0.303. The maximum atomic E-state index is 14.0. The van der Waals surface area contributed by atoms with Crippen LogP contribution in [-0.4, -0.2) is 147 Å². The molecule has 2 saturated carbocycles. The molecule has 7 N–H and O–H groups in total. The molecule has 17 heteroatoms. The molecule has 3 heterocycles. The van der Waals surface area contributed by atoms with Crippen molar-refractivity contribution in [2.75, 3.05) is 20.3 Å². The van der Waals surface area contributed by atoms with Gasteiger partial charge in [0.05, 0.1) is 38.3 Å². The predicted molar refractivity (Wildman–Crippen MR) is 156 cm³/mol. The van der Waals surface area contributed by atoms with Crippen LogP contribution in [0.3, 0.4) is 0 Å². The van der Waals surface area contributed by atoms with E-state index in [2.05, 4.69) is 0 Å². The number of ether oxygens (including phenoxy) is 6. The molecule has 0 aromatic carbocycles. The number of ketones is 1. The Hall–Kier alpha value is -2.74. The Morgan fingerprint density at radius 3 is 2.31 bits per heavy atom. The number of allylic oxidation sites excluding steroid dienone is 1. The Bertz CT molecular complexity index is 1430. The summed E-state index contributed by atoms with van der Waals surface area (Å²) in [6.07, 6.45) is -17.2. The molecule has 0 radical (unpaired) electrons. The number of Topliss-reactive ketones (excluding diaryl/α,β-unsaturated/α-hetero) is 1. The van der Waals surface area contributed by atoms with E-state index in [1.54, 1.807) is 13.8 Å². The van der Waals surface area contributed by atoms with Crippen molar-refractivity contribution in [2.45, 2.75) is 107 Å². The van der Waals surface area contributed by atoms with E-state index in [1.807, 2.05) is 0 Å². The van der Waals surface area contributed by atoms with Crippen LogP contribution in [0, 0.1) is 34.5 Å². The van der Waals surface area contributed by atoms with Crippen LogP contribution in [0.1, 0.15) is 40.5 Å². The average Bonchev–Trinajstić information content (AvgIpc) is 3.39. The van der Waals surface area contributed by atoms with Gasteiger partial charge in [-0.05, 0) is 31.3 Å². The van der Waals surface area contributed by atoms with Crippen LogP contribution in [-0.2, 0) is 47.6 Å². The number of esters is 3. The lowest BCUT2D eigenvalue weighted by atomic mass is 9.37. The van der Waals surface area contributed by atoms with Gasteiger partial charge in [-0.25, -0.2) is 9.59 Å². The highest BCUT2D eigenvalue weighted by molar-refractivity contribution is 5.99. The van der Waals surface area contributed by atoms with Crippen LogP contribution in [0.25, 0.3) is 0 Å². The van der Waals surface area contributed by atoms with E-state index >= 15 is 0 Å². The molecule has 49 heavy (non-hydrogen) atoms. The Morgan fingerprint density at radius 2 is 1.69 bits per heavy atom. The zero-order valence-corrected chi connectivity index (χ0v) is 27.6. The van der Waals surface area contributed by atoms with E-state index in [4.69, 9.17) is 28.4 Å². The second kappa shape index (κ2) is 12.2. The molecule has 17 unspecified atom stereocenters. The number of rotatable bonds is 7. The highest BCUT2D eigenvalue weighted by atomic mass is 16.7. The van der Waals surface area contributed by atoms with Crippen molar-refractivity contribution in [2.24, 2.45) is 34.5 Å². The van der Waals surface area contributed by atoms with Crippen molar-refractivity contribution < 1.29 is 83.3 Å². The van der Waals surface area contributed by atoms with Gasteiger partial charge in [-0.2, -0.15) is 0 Å². The van der Waals surface area contributed by atoms with Crippen LogP contribution in [0.4, 0.5) is 0 Å². The summed E-state index contributed by atoms with van der Waals surface area (Å²) in [6.45, 7) is 5.13. The van der Waals surface area contributed by atoms with Crippen molar-refractivity contribution >= 4 is 23.7 Å². The first kappa shape index (κ1) is 36.1. The first-order valence-corrected chi connectivity index (χ1v) is 16.4. The molecule has 3 saturated heterocycles. The summed E-state index contributed by atoms with van der Waals surface area (Å²) in [5, 5.41) is 76.3. The fourth-order valence-electron chi connectivity index (χ4n) is 9.67. The standard InChI is InChI=1S/C32H44O17/c1-6-10(2)26(41)48-21-23-31-9-45-32(23,29(43)44-5)25(40)19(38)22(31)30(4)12(7-14(31)47-27(21)42)11(3)20(18(37)24(30)39)49-28-17(36)16(35)15(34)13(8-33)46-28/h10,12-17,19,21-25,28,33-36,38-40H,6-9H2,1-5H3. The molecule has 274 valence electrons. The van der Waals surface area contributed by atoms with Crippen LogP contribution in [0.5, 0.6) is 0 Å². The topological polar surface area (TPSA) is 265 Å². The first-order valence-electron chi connectivity index (χ1n) is 16.4. The van der Waals surface area contributed by atoms with Gasteiger partial charge < -0.3 is 64.2 Å². The summed E-state index contributed by atoms with van der Waals surface area (Å²) >= 11 is 0. The third kappa shape index (κ3) is 4.56. The summed E-state index contributed by atoms with van der Waals surface area (Å²) in [7, 11) is 1.03. The summed E-state index contributed by atoms with van der Waals surface area (Å²) in [6, 6.07) is 0. The van der Waals surface area contributed by atoms with Crippen molar-refractivity contribution in [3.63, 3.8) is 0 Å². The van der Waals surface area contributed by atoms with E-state index < -0.39 is 144 Å². The quantitative estimate of drug-likeness (QED) is 0.102. The van der Waals surface area contributed by atoms with Crippen molar-refractivity contribution in [1.29, 1.82) is 0 Å². The third-order valence-corrected chi connectivity index (χ3v) is 12.3. The second-order valence-electron chi connectivity index (χ2n) is 14.4. The zero-order chi connectivity index (χ0) is 36.1. The summed E-state index contributed by atoms with van der Waals surface area (Å²) in [4.78, 5) is 54.5. The molecule has 3 aliphatic carbocycles. The molecule has 1 spiro atoms. The van der Waals surface area contributed by atoms with Crippen LogP contribution >= 0.6 is 0 Å². The number of methoxy groups -OCH3 is 1. The maximum absolute atomic E-state index is 14.0. The van der Waals surface area contributed by atoms with Gasteiger partial charge in [0.15, 0.2) is 5.76 Å². The van der Waals surface area contributed by atoms with E-state index in [0.29, 0.717) is 6.42 Å². The van der Waals surface area contributed by atoms with Crippen molar-refractivity contribution in [3.8, 4) is 0 Å². The van der Waals surface area contributed by atoms with E-state index in [1.165, 1.54) is 13.8 Å². The Kier molecular flexibility index (Phi) is 8.98. The number of fused-ring (bicyclic) bond motifs is 2. The highest BCUT2D eigenvalue weighted by Crippen LogP contribution is 2.73. The van der Waals surface area contributed by atoms with Gasteiger partial charge in [0.1, 0.15) is 42.7 Å². The summed E-state index contributed by atoms with van der Waals surface area (Å²) in [5.41, 5.74) is -5.47. The molecule has 0 aromatic rings. The van der Waals surface area contributed by atoms with Gasteiger partial charge in [0.2, 0.25) is 23.8 Å². The minimum Gasteiger partial charge on any atom is -0.467 e. The Balaban J connectivity index is 1.47. The van der Waals surface area contributed by atoms with E-state index in [-0.39, 0.29) is 12.0 Å². The number of hydrogen-bond donors (Lipinski definition) is 7. The van der Waals surface area contributed by atoms with Gasteiger partial charge in [0, 0.05) is 16.7 Å². The molecule has 0 amide bonds. The molecule has 6 rings (SSSR count). The fourth-order valence-corrected chi connectivity index (χ4v) is 9.67. The molecular formula is C32H44O17. The lowest BCUT2D eigenvalue weighted by Gasteiger charge is -2.67. The molecule has 2 bridgehead atoms. The number of hydrogen-bond acceptors (Lipinski definition) is 17. The fraction of sp³-hybridized carbons (Fsp3) is 0.812. The number of carbonyl (C=O) groups excluding carboxylic acids is 4.